The smallest absolute Gasteiger partial charge is 0.334 e. The van der Waals surface area contributed by atoms with Crippen molar-refractivity contribution in [3.05, 3.63) is 0 Å². The predicted octanol–water partition coefficient (Wildman–Crippen LogP) is 2.00. The van der Waals surface area contributed by atoms with Crippen LogP contribution in [0.4, 0.5) is 0 Å². The molecule has 1 unspecified atom stereocenters. The Hall–Kier alpha value is -0.570. The number of hydrogen-bond acceptors (Lipinski definition) is 3. The first-order chi connectivity index (χ1) is 5.87. The van der Waals surface area contributed by atoms with Gasteiger partial charge in [-0.1, -0.05) is 20.8 Å². The summed E-state index contributed by atoms with van der Waals surface area (Å²) < 4.78 is 9.83. The largest absolute Gasteiger partial charge is 0.467 e. The standard InChI is InChI=1S/C10H20O3/c1-8(9(11)12-5)13-7-6-10(2,3)4/h8H,6-7H2,1-5H3. The van der Waals surface area contributed by atoms with Gasteiger partial charge < -0.3 is 9.47 Å². The van der Waals surface area contributed by atoms with Gasteiger partial charge in [0.05, 0.1) is 7.11 Å². The summed E-state index contributed by atoms with van der Waals surface area (Å²) in [4.78, 5) is 10.9. The maximum atomic E-state index is 10.9. The van der Waals surface area contributed by atoms with Crippen molar-refractivity contribution in [3.63, 3.8) is 0 Å². The molecule has 0 aromatic heterocycles. The Morgan fingerprint density at radius 2 is 1.92 bits per heavy atom. The van der Waals surface area contributed by atoms with Crippen molar-refractivity contribution in [1.82, 2.24) is 0 Å². The van der Waals surface area contributed by atoms with Gasteiger partial charge >= 0.3 is 5.97 Å². The fourth-order valence-electron chi connectivity index (χ4n) is 0.776. The van der Waals surface area contributed by atoms with Gasteiger partial charge in [0.15, 0.2) is 6.10 Å². The molecule has 13 heavy (non-hydrogen) atoms. The lowest BCUT2D eigenvalue weighted by Gasteiger charge is -2.19. The zero-order valence-corrected chi connectivity index (χ0v) is 9.22. The fourth-order valence-corrected chi connectivity index (χ4v) is 0.776. The molecule has 0 aromatic carbocycles. The molecule has 0 amide bonds. The molecule has 1 atom stereocenters. The van der Waals surface area contributed by atoms with Gasteiger partial charge in [-0.3, -0.25) is 0 Å². The summed E-state index contributed by atoms with van der Waals surface area (Å²) in [7, 11) is 1.37. The molecule has 78 valence electrons. The van der Waals surface area contributed by atoms with Crippen LogP contribution in [-0.2, 0) is 14.3 Å². The SMILES string of the molecule is COC(=O)C(C)OCCC(C)(C)C. The Morgan fingerprint density at radius 3 is 2.31 bits per heavy atom. The van der Waals surface area contributed by atoms with E-state index >= 15 is 0 Å². The first-order valence-corrected chi connectivity index (χ1v) is 4.56. The van der Waals surface area contributed by atoms with E-state index in [1.807, 2.05) is 0 Å². The number of carbonyl (C=O) groups is 1. The second-order valence-electron chi connectivity index (χ2n) is 4.35. The van der Waals surface area contributed by atoms with E-state index in [4.69, 9.17) is 4.74 Å². The molecular formula is C10H20O3. The van der Waals surface area contributed by atoms with Crippen molar-refractivity contribution in [2.24, 2.45) is 5.41 Å². The summed E-state index contributed by atoms with van der Waals surface area (Å²) in [5, 5.41) is 0. The third-order valence-electron chi connectivity index (χ3n) is 1.75. The molecule has 0 aromatic rings. The minimum atomic E-state index is -0.452. The minimum Gasteiger partial charge on any atom is -0.467 e. The fraction of sp³-hybridized carbons (Fsp3) is 0.900. The Balaban J connectivity index is 3.59. The molecule has 3 heteroatoms. The molecule has 0 bridgehead atoms. The summed E-state index contributed by atoms with van der Waals surface area (Å²) in [6, 6.07) is 0. The quantitative estimate of drug-likeness (QED) is 0.633. The first-order valence-electron chi connectivity index (χ1n) is 4.56. The number of carbonyl (C=O) groups excluding carboxylic acids is 1. The first kappa shape index (κ1) is 12.4. The van der Waals surface area contributed by atoms with Gasteiger partial charge in [0.25, 0.3) is 0 Å². The third-order valence-corrected chi connectivity index (χ3v) is 1.75. The minimum absolute atomic E-state index is 0.246. The molecule has 0 aliphatic rings. The van der Waals surface area contributed by atoms with Crippen LogP contribution in [0.25, 0.3) is 0 Å². The van der Waals surface area contributed by atoms with Gasteiger partial charge in [-0.05, 0) is 18.8 Å². The molecule has 0 spiro atoms. The monoisotopic (exact) mass is 188 g/mol. The number of hydrogen-bond donors (Lipinski definition) is 0. The average molecular weight is 188 g/mol. The highest BCUT2D eigenvalue weighted by Crippen LogP contribution is 2.18. The van der Waals surface area contributed by atoms with Gasteiger partial charge in [0, 0.05) is 6.61 Å². The second-order valence-corrected chi connectivity index (χ2v) is 4.35. The number of ether oxygens (including phenoxy) is 2. The second kappa shape index (κ2) is 5.22. The molecule has 0 radical (unpaired) electrons. The molecule has 0 aliphatic heterocycles. The Labute approximate surface area is 80.4 Å². The molecule has 0 N–H and O–H groups in total. The number of rotatable bonds is 4. The maximum absolute atomic E-state index is 10.9. The predicted molar refractivity (Wildman–Crippen MR) is 51.5 cm³/mol. The highest BCUT2D eigenvalue weighted by Gasteiger charge is 2.15. The molecule has 0 aliphatic carbocycles. The van der Waals surface area contributed by atoms with Gasteiger partial charge in [0.2, 0.25) is 0 Å². The lowest BCUT2D eigenvalue weighted by atomic mass is 9.93. The van der Waals surface area contributed by atoms with Crippen molar-refractivity contribution in [2.75, 3.05) is 13.7 Å². The summed E-state index contributed by atoms with van der Waals surface area (Å²) in [6.45, 7) is 8.71. The summed E-state index contributed by atoms with van der Waals surface area (Å²) in [5.41, 5.74) is 0.246. The van der Waals surface area contributed by atoms with Crippen LogP contribution < -0.4 is 0 Å². The van der Waals surface area contributed by atoms with Crippen molar-refractivity contribution >= 4 is 5.97 Å². The highest BCUT2D eigenvalue weighted by atomic mass is 16.6. The summed E-state index contributed by atoms with van der Waals surface area (Å²) in [6.07, 6.45) is 0.487. The summed E-state index contributed by atoms with van der Waals surface area (Å²) in [5.74, 6) is -0.311. The normalized spacial score (nSPS) is 13.9. The van der Waals surface area contributed by atoms with E-state index in [0.29, 0.717) is 6.61 Å². The van der Waals surface area contributed by atoms with Crippen molar-refractivity contribution in [2.45, 2.75) is 40.2 Å². The van der Waals surface area contributed by atoms with Crippen LogP contribution in [0.5, 0.6) is 0 Å². The van der Waals surface area contributed by atoms with Crippen LogP contribution in [-0.4, -0.2) is 25.8 Å². The lowest BCUT2D eigenvalue weighted by Crippen LogP contribution is -2.23. The van der Waals surface area contributed by atoms with Crippen LogP contribution >= 0.6 is 0 Å². The van der Waals surface area contributed by atoms with E-state index in [1.165, 1.54) is 7.11 Å². The van der Waals surface area contributed by atoms with E-state index in [2.05, 4.69) is 25.5 Å². The van der Waals surface area contributed by atoms with E-state index in [9.17, 15) is 4.79 Å². The van der Waals surface area contributed by atoms with Gasteiger partial charge in [-0.15, -0.1) is 0 Å². The van der Waals surface area contributed by atoms with Crippen LogP contribution in [0.1, 0.15) is 34.1 Å². The van der Waals surface area contributed by atoms with Gasteiger partial charge in [-0.25, -0.2) is 4.79 Å². The topological polar surface area (TPSA) is 35.5 Å². The molecular weight excluding hydrogens is 168 g/mol. The molecule has 0 saturated carbocycles. The molecule has 0 fully saturated rings. The molecule has 3 nitrogen and oxygen atoms in total. The lowest BCUT2D eigenvalue weighted by molar-refractivity contribution is -0.153. The molecule has 0 saturated heterocycles. The van der Waals surface area contributed by atoms with Crippen LogP contribution in [0.3, 0.4) is 0 Å². The summed E-state index contributed by atoms with van der Waals surface area (Å²) >= 11 is 0. The zero-order chi connectivity index (χ0) is 10.5. The molecule has 0 heterocycles. The maximum Gasteiger partial charge on any atom is 0.334 e. The van der Waals surface area contributed by atoms with Crippen LogP contribution in [0.2, 0.25) is 0 Å². The third kappa shape index (κ3) is 6.58. The van der Waals surface area contributed by atoms with Gasteiger partial charge in [-0.2, -0.15) is 0 Å². The number of esters is 1. The van der Waals surface area contributed by atoms with Crippen molar-refractivity contribution < 1.29 is 14.3 Å². The van der Waals surface area contributed by atoms with Gasteiger partial charge in [0.1, 0.15) is 0 Å². The van der Waals surface area contributed by atoms with E-state index in [1.54, 1.807) is 6.92 Å². The zero-order valence-electron chi connectivity index (χ0n) is 9.22. The molecule has 0 rings (SSSR count). The van der Waals surface area contributed by atoms with Crippen LogP contribution in [0.15, 0.2) is 0 Å². The van der Waals surface area contributed by atoms with Crippen LogP contribution in [0, 0.1) is 5.41 Å². The number of methoxy groups -OCH3 is 1. The van der Waals surface area contributed by atoms with Crippen molar-refractivity contribution in [1.29, 1.82) is 0 Å². The van der Waals surface area contributed by atoms with E-state index < -0.39 is 6.10 Å². The van der Waals surface area contributed by atoms with E-state index in [0.717, 1.165) is 6.42 Å². The van der Waals surface area contributed by atoms with E-state index in [-0.39, 0.29) is 11.4 Å². The Morgan fingerprint density at radius 1 is 1.38 bits per heavy atom. The Bertz CT molecular complexity index is 158. The average Bonchev–Trinajstić information content (AvgIpc) is 2.00. The highest BCUT2D eigenvalue weighted by molar-refractivity contribution is 5.73. The Kier molecular flexibility index (Phi) is 4.99. The van der Waals surface area contributed by atoms with Crippen molar-refractivity contribution in [3.8, 4) is 0 Å².